The number of nitrogens with zero attached hydrogens (tertiary/aromatic N) is 1. The molecule has 6 heteroatoms. The number of anilines is 1. The summed E-state index contributed by atoms with van der Waals surface area (Å²) in [4.78, 5) is 35.6. The Morgan fingerprint density at radius 3 is 2.50 bits per heavy atom. The summed E-state index contributed by atoms with van der Waals surface area (Å²) in [6.45, 7) is 4.18. The number of esters is 1. The molecule has 0 bridgehead atoms. The molecular weight excluding hydrogens is 356 g/mol. The van der Waals surface area contributed by atoms with Crippen molar-refractivity contribution in [2.24, 2.45) is 0 Å². The molecule has 144 valence electrons. The first kappa shape index (κ1) is 19.4. The molecule has 0 aliphatic heterocycles. The highest BCUT2D eigenvalue weighted by Gasteiger charge is 2.14. The first-order chi connectivity index (χ1) is 13.6. The summed E-state index contributed by atoms with van der Waals surface area (Å²) in [5.41, 5.74) is 3.56. The Bertz CT molecular complexity index is 1020. The van der Waals surface area contributed by atoms with Gasteiger partial charge in [-0.15, -0.1) is 0 Å². The van der Waals surface area contributed by atoms with E-state index in [2.05, 4.69) is 5.32 Å². The number of para-hydroxylation sites is 1. The highest BCUT2D eigenvalue weighted by Crippen LogP contribution is 2.24. The standard InChI is InChI=1S/C22H22N2O4/c1-3-15-6-5-7-19-17(14-25)12-24(21(15)19)13-20(26)23-18-10-8-16(9-11-18)22(27)28-4-2/h5-12,14H,3-4,13H2,1-2H3,(H,23,26). The van der Waals surface area contributed by atoms with Crippen LogP contribution in [-0.4, -0.2) is 29.3 Å². The zero-order valence-corrected chi connectivity index (χ0v) is 15.9. The number of hydrogen-bond donors (Lipinski definition) is 1. The predicted molar refractivity (Wildman–Crippen MR) is 108 cm³/mol. The Balaban J connectivity index is 1.78. The highest BCUT2D eigenvalue weighted by atomic mass is 16.5. The fraction of sp³-hybridized carbons (Fsp3) is 0.227. The van der Waals surface area contributed by atoms with Gasteiger partial charge in [-0.2, -0.15) is 0 Å². The van der Waals surface area contributed by atoms with E-state index in [-0.39, 0.29) is 12.5 Å². The summed E-state index contributed by atoms with van der Waals surface area (Å²) in [5, 5.41) is 3.67. The fourth-order valence-corrected chi connectivity index (χ4v) is 3.23. The third kappa shape index (κ3) is 3.96. The summed E-state index contributed by atoms with van der Waals surface area (Å²) in [6, 6.07) is 12.3. The zero-order chi connectivity index (χ0) is 20.1. The molecule has 3 aromatic rings. The number of aromatic nitrogens is 1. The van der Waals surface area contributed by atoms with E-state index >= 15 is 0 Å². The van der Waals surface area contributed by atoms with Crippen LogP contribution in [0.25, 0.3) is 10.9 Å². The minimum atomic E-state index is -0.396. The number of nitrogens with one attached hydrogen (secondary N) is 1. The largest absolute Gasteiger partial charge is 0.462 e. The normalized spacial score (nSPS) is 10.6. The van der Waals surface area contributed by atoms with E-state index < -0.39 is 5.97 Å². The van der Waals surface area contributed by atoms with Crippen LogP contribution >= 0.6 is 0 Å². The van der Waals surface area contributed by atoms with E-state index in [9.17, 15) is 14.4 Å². The van der Waals surface area contributed by atoms with E-state index in [1.54, 1.807) is 42.0 Å². The van der Waals surface area contributed by atoms with Gasteiger partial charge in [0, 0.05) is 22.8 Å². The van der Waals surface area contributed by atoms with Crippen LogP contribution in [0.1, 0.15) is 40.1 Å². The summed E-state index contributed by atoms with van der Waals surface area (Å²) < 4.78 is 6.75. The molecule has 0 saturated carbocycles. The maximum atomic E-state index is 12.5. The van der Waals surface area contributed by atoms with Gasteiger partial charge in [-0.25, -0.2) is 4.79 Å². The second kappa shape index (κ2) is 8.52. The number of benzene rings is 2. The van der Waals surface area contributed by atoms with Crippen LogP contribution in [0.4, 0.5) is 5.69 Å². The molecule has 0 fully saturated rings. The van der Waals surface area contributed by atoms with Crippen LogP contribution in [-0.2, 0) is 22.5 Å². The van der Waals surface area contributed by atoms with Gasteiger partial charge in [-0.05, 0) is 43.2 Å². The summed E-state index contributed by atoms with van der Waals surface area (Å²) in [5.74, 6) is -0.614. The molecule has 0 aliphatic rings. The number of hydrogen-bond acceptors (Lipinski definition) is 4. The van der Waals surface area contributed by atoms with Gasteiger partial charge in [0.2, 0.25) is 5.91 Å². The minimum Gasteiger partial charge on any atom is -0.462 e. The topological polar surface area (TPSA) is 77.4 Å². The van der Waals surface area contributed by atoms with Gasteiger partial charge in [0.05, 0.1) is 17.7 Å². The Morgan fingerprint density at radius 1 is 1.11 bits per heavy atom. The molecule has 0 unspecified atom stereocenters. The number of ether oxygens (including phenoxy) is 1. The van der Waals surface area contributed by atoms with Gasteiger partial charge >= 0.3 is 5.97 Å². The van der Waals surface area contributed by atoms with Gasteiger partial charge in [-0.1, -0.05) is 25.1 Å². The molecule has 6 nitrogen and oxygen atoms in total. The lowest BCUT2D eigenvalue weighted by atomic mass is 10.1. The first-order valence-electron chi connectivity index (χ1n) is 9.20. The van der Waals surface area contributed by atoms with E-state index in [0.717, 1.165) is 29.2 Å². The molecule has 1 N–H and O–H groups in total. The van der Waals surface area contributed by atoms with Crippen LogP contribution in [0.2, 0.25) is 0 Å². The van der Waals surface area contributed by atoms with Crippen molar-refractivity contribution < 1.29 is 19.1 Å². The Kier molecular flexibility index (Phi) is 5.89. The molecule has 0 saturated heterocycles. The number of amides is 1. The summed E-state index contributed by atoms with van der Waals surface area (Å²) >= 11 is 0. The Labute approximate surface area is 163 Å². The molecule has 0 atom stereocenters. The van der Waals surface area contributed by atoms with Crippen molar-refractivity contribution in [2.75, 3.05) is 11.9 Å². The van der Waals surface area contributed by atoms with Crippen molar-refractivity contribution >= 4 is 34.8 Å². The number of rotatable bonds is 7. The average Bonchev–Trinajstić information content (AvgIpc) is 3.06. The van der Waals surface area contributed by atoms with E-state index in [0.29, 0.717) is 23.4 Å². The van der Waals surface area contributed by atoms with Gasteiger partial charge in [-0.3, -0.25) is 9.59 Å². The molecule has 3 rings (SSSR count). The first-order valence-corrected chi connectivity index (χ1v) is 9.20. The molecule has 0 radical (unpaired) electrons. The van der Waals surface area contributed by atoms with Gasteiger partial charge in [0.1, 0.15) is 6.54 Å². The lowest BCUT2D eigenvalue weighted by molar-refractivity contribution is -0.116. The molecule has 2 aromatic carbocycles. The maximum absolute atomic E-state index is 12.5. The third-order valence-electron chi connectivity index (χ3n) is 4.51. The van der Waals surface area contributed by atoms with E-state index in [1.165, 1.54) is 0 Å². The molecule has 1 amide bonds. The molecule has 1 aromatic heterocycles. The van der Waals surface area contributed by atoms with Crippen LogP contribution in [0.15, 0.2) is 48.7 Å². The summed E-state index contributed by atoms with van der Waals surface area (Å²) in [7, 11) is 0. The van der Waals surface area contributed by atoms with Crippen LogP contribution in [0, 0.1) is 0 Å². The van der Waals surface area contributed by atoms with Gasteiger partial charge in [0.15, 0.2) is 6.29 Å². The smallest absolute Gasteiger partial charge is 0.338 e. The lowest BCUT2D eigenvalue weighted by Crippen LogP contribution is -2.18. The molecular formula is C22H22N2O4. The van der Waals surface area contributed by atoms with Gasteiger partial charge < -0.3 is 14.6 Å². The molecule has 1 heterocycles. The molecule has 28 heavy (non-hydrogen) atoms. The number of aryl methyl sites for hydroxylation is 1. The quantitative estimate of drug-likeness (QED) is 0.501. The SMILES string of the molecule is CCOC(=O)c1ccc(NC(=O)Cn2cc(C=O)c3cccc(CC)c32)cc1. The second-order valence-corrected chi connectivity index (χ2v) is 6.34. The maximum Gasteiger partial charge on any atom is 0.338 e. The van der Waals surface area contributed by atoms with Crippen molar-refractivity contribution in [3.63, 3.8) is 0 Å². The van der Waals surface area contributed by atoms with Crippen molar-refractivity contribution in [3.8, 4) is 0 Å². The highest BCUT2D eigenvalue weighted by molar-refractivity contribution is 6.00. The fourth-order valence-electron chi connectivity index (χ4n) is 3.23. The van der Waals surface area contributed by atoms with Crippen molar-refractivity contribution in [1.82, 2.24) is 4.57 Å². The van der Waals surface area contributed by atoms with Crippen LogP contribution in [0.3, 0.4) is 0 Å². The predicted octanol–water partition coefficient (Wildman–Crippen LogP) is 3.83. The van der Waals surface area contributed by atoms with Gasteiger partial charge in [0.25, 0.3) is 0 Å². The van der Waals surface area contributed by atoms with Crippen molar-refractivity contribution in [1.29, 1.82) is 0 Å². The number of carbonyl (C=O) groups is 3. The molecule has 0 spiro atoms. The van der Waals surface area contributed by atoms with Crippen molar-refractivity contribution in [2.45, 2.75) is 26.8 Å². The second-order valence-electron chi connectivity index (χ2n) is 6.34. The third-order valence-corrected chi connectivity index (χ3v) is 4.51. The average molecular weight is 378 g/mol. The number of fused-ring (bicyclic) bond motifs is 1. The molecule has 0 aliphatic carbocycles. The Hall–Kier alpha value is -3.41. The summed E-state index contributed by atoms with van der Waals surface area (Å²) in [6.07, 6.45) is 3.32. The number of aldehydes is 1. The van der Waals surface area contributed by atoms with E-state index in [1.807, 2.05) is 25.1 Å². The Morgan fingerprint density at radius 2 is 1.86 bits per heavy atom. The zero-order valence-electron chi connectivity index (χ0n) is 15.9. The van der Waals surface area contributed by atoms with Crippen LogP contribution in [0.5, 0.6) is 0 Å². The minimum absolute atomic E-state index is 0.0843. The van der Waals surface area contributed by atoms with E-state index in [4.69, 9.17) is 4.74 Å². The lowest BCUT2D eigenvalue weighted by Gasteiger charge is -2.10. The number of carbonyl (C=O) groups excluding carboxylic acids is 3. The monoisotopic (exact) mass is 378 g/mol. The van der Waals surface area contributed by atoms with Crippen molar-refractivity contribution in [3.05, 3.63) is 65.4 Å². The van der Waals surface area contributed by atoms with Crippen LogP contribution < -0.4 is 5.32 Å².